The van der Waals surface area contributed by atoms with E-state index in [4.69, 9.17) is 4.52 Å². The van der Waals surface area contributed by atoms with Crippen molar-refractivity contribution in [3.63, 3.8) is 0 Å². The zero-order chi connectivity index (χ0) is 13.8. The van der Waals surface area contributed by atoms with E-state index < -0.39 is 0 Å². The largest absolute Gasteiger partial charge is 0.339 e. The lowest BCUT2D eigenvalue weighted by atomic mass is 10.00. The highest BCUT2D eigenvalue weighted by atomic mass is 19.1. The second kappa shape index (κ2) is 5.93. The molecule has 0 saturated heterocycles. The lowest BCUT2D eigenvalue weighted by Gasteiger charge is -2.18. The Morgan fingerprint density at radius 2 is 2.21 bits per heavy atom. The fraction of sp³-hybridized carbons (Fsp3) is 0.429. The summed E-state index contributed by atoms with van der Waals surface area (Å²) in [5.41, 5.74) is 0.625. The summed E-state index contributed by atoms with van der Waals surface area (Å²) in [4.78, 5) is 4.35. The van der Waals surface area contributed by atoms with Crippen molar-refractivity contribution in [1.29, 1.82) is 0 Å². The third-order valence-corrected chi connectivity index (χ3v) is 3.33. The number of benzene rings is 1. The summed E-state index contributed by atoms with van der Waals surface area (Å²) in [6.07, 6.45) is 0.968. The lowest BCUT2D eigenvalue weighted by Crippen LogP contribution is -2.30. The van der Waals surface area contributed by atoms with E-state index in [-0.39, 0.29) is 17.8 Å². The molecule has 1 N–H and O–H groups in total. The molecule has 2 unspecified atom stereocenters. The monoisotopic (exact) mass is 263 g/mol. The summed E-state index contributed by atoms with van der Waals surface area (Å²) in [7, 11) is 1.91. The van der Waals surface area contributed by atoms with Crippen LogP contribution in [0.4, 0.5) is 4.39 Å². The molecule has 1 heterocycles. The first kappa shape index (κ1) is 13.7. The first-order chi connectivity index (χ1) is 9.15. The number of hydrogen-bond donors (Lipinski definition) is 1. The van der Waals surface area contributed by atoms with Gasteiger partial charge in [0.1, 0.15) is 5.82 Å². The Morgan fingerprint density at radius 3 is 2.84 bits per heavy atom. The van der Waals surface area contributed by atoms with Crippen LogP contribution in [0.5, 0.6) is 0 Å². The molecule has 0 aliphatic carbocycles. The van der Waals surface area contributed by atoms with Gasteiger partial charge in [-0.1, -0.05) is 31.1 Å². The third-order valence-electron chi connectivity index (χ3n) is 3.33. The third kappa shape index (κ3) is 2.98. The van der Waals surface area contributed by atoms with Gasteiger partial charge in [0.25, 0.3) is 0 Å². The Bertz CT molecular complexity index is 537. The standard InChI is InChI=1S/C14H18FN3O/c1-4-12(16-3)9(2)14-17-13(18-19-14)10-6-5-7-11(15)8-10/h5-9,12,16H,4H2,1-3H3. The highest BCUT2D eigenvalue weighted by Gasteiger charge is 2.22. The van der Waals surface area contributed by atoms with Crippen LogP contribution in [0.2, 0.25) is 0 Å². The molecule has 0 aliphatic heterocycles. The van der Waals surface area contributed by atoms with Crippen LogP contribution in [0.15, 0.2) is 28.8 Å². The molecule has 0 saturated carbocycles. The van der Waals surface area contributed by atoms with Crippen LogP contribution in [-0.2, 0) is 0 Å². The first-order valence-corrected chi connectivity index (χ1v) is 6.42. The van der Waals surface area contributed by atoms with Crippen LogP contribution in [0.3, 0.4) is 0 Å². The Balaban J connectivity index is 2.24. The van der Waals surface area contributed by atoms with Crippen molar-refractivity contribution in [1.82, 2.24) is 15.5 Å². The number of aromatic nitrogens is 2. The molecule has 0 spiro atoms. The van der Waals surface area contributed by atoms with Gasteiger partial charge in [-0.25, -0.2) is 4.39 Å². The number of nitrogens with zero attached hydrogens (tertiary/aromatic N) is 2. The summed E-state index contributed by atoms with van der Waals surface area (Å²) < 4.78 is 18.4. The summed E-state index contributed by atoms with van der Waals surface area (Å²) >= 11 is 0. The second-order valence-electron chi connectivity index (χ2n) is 4.56. The summed E-state index contributed by atoms with van der Waals surface area (Å²) in [5.74, 6) is 0.802. The van der Waals surface area contributed by atoms with Gasteiger partial charge in [-0.05, 0) is 25.6 Å². The van der Waals surface area contributed by atoms with Crippen molar-refractivity contribution in [2.75, 3.05) is 7.05 Å². The van der Waals surface area contributed by atoms with E-state index in [9.17, 15) is 4.39 Å². The van der Waals surface area contributed by atoms with E-state index in [1.807, 2.05) is 14.0 Å². The van der Waals surface area contributed by atoms with Gasteiger partial charge in [-0.15, -0.1) is 0 Å². The van der Waals surface area contributed by atoms with Crippen LogP contribution in [0.1, 0.15) is 32.1 Å². The average molecular weight is 263 g/mol. The minimum atomic E-state index is -0.307. The number of rotatable bonds is 5. The molecule has 4 nitrogen and oxygen atoms in total. The van der Waals surface area contributed by atoms with Gasteiger partial charge < -0.3 is 9.84 Å². The van der Waals surface area contributed by atoms with Gasteiger partial charge in [0.15, 0.2) is 0 Å². The van der Waals surface area contributed by atoms with Crippen LogP contribution in [0.25, 0.3) is 11.4 Å². The molecule has 2 atom stereocenters. The quantitative estimate of drug-likeness (QED) is 0.901. The highest BCUT2D eigenvalue weighted by Crippen LogP contribution is 2.23. The molecule has 0 radical (unpaired) electrons. The molecule has 0 aliphatic rings. The maximum atomic E-state index is 13.2. The van der Waals surface area contributed by atoms with Crippen molar-refractivity contribution >= 4 is 0 Å². The van der Waals surface area contributed by atoms with E-state index in [0.717, 1.165) is 6.42 Å². The van der Waals surface area contributed by atoms with E-state index in [1.165, 1.54) is 12.1 Å². The summed E-state index contributed by atoms with van der Waals surface area (Å²) in [6.45, 7) is 4.13. The number of hydrogen-bond acceptors (Lipinski definition) is 4. The fourth-order valence-electron chi connectivity index (χ4n) is 2.14. The maximum Gasteiger partial charge on any atom is 0.231 e. The SMILES string of the molecule is CCC(NC)C(C)c1nc(-c2cccc(F)c2)no1. The van der Waals surface area contributed by atoms with Crippen LogP contribution in [-0.4, -0.2) is 23.2 Å². The maximum absolute atomic E-state index is 13.2. The molecule has 0 bridgehead atoms. The van der Waals surface area contributed by atoms with Crippen LogP contribution >= 0.6 is 0 Å². The predicted molar refractivity (Wildman–Crippen MR) is 71.2 cm³/mol. The minimum absolute atomic E-state index is 0.116. The number of likely N-dealkylation sites (N-methyl/N-ethyl adjacent to an activating group) is 1. The Kier molecular flexibility index (Phi) is 4.27. The van der Waals surface area contributed by atoms with E-state index >= 15 is 0 Å². The van der Waals surface area contributed by atoms with E-state index in [0.29, 0.717) is 17.3 Å². The molecule has 0 amide bonds. The molecular weight excluding hydrogens is 245 g/mol. The van der Waals surface area contributed by atoms with Gasteiger partial charge in [0.2, 0.25) is 11.7 Å². The van der Waals surface area contributed by atoms with Gasteiger partial charge in [-0.2, -0.15) is 4.98 Å². The fourth-order valence-corrected chi connectivity index (χ4v) is 2.14. The van der Waals surface area contributed by atoms with Crippen molar-refractivity contribution in [2.45, 2.75) is 32.2 Å². The summed E-state index contributed by atoms with van der Waals surface area (Å²) in [6, 6.07) is 6.46. The van der Waals surface area contributed by atoms with Gasteiger partial charge >= 0.3 is 0 Å². The molecule has 1 aromatic carbocycles. The normalized spacial score (nSPS) is 14.3. The lowest BCUT2D eigenvalue weighted by molar-refractivity contribution is 0.326. The Labute approximate surface area is 112 Å². The van der Waals surface area contributed by atoms with Crippen molar-refractivity contribution in [3.05, 3.63) is 36.0 Å². The van der Waals surface area contributed by atoms with E-state index in [2.05, 4.69) is 22.4 Å². The smallest absolute Gasteiger partial charge is 0.231 e. The van der Waals surface area contributed by atoms with Gasteiger partial charge in [0.05, 0.1) is 5.92 Å². The molecule has 102 valence electrons. The second-order valence-corrected chi connectivity index (χ2v) is 4.56. The van der Waals surface area contributed by atoms with Gasteiger partial charge in [0, 0.05) is 11.6 Å². The van der Waals surface area contributed by atoms with Crippen LogP contribution in [0, 0.1) is 5.82 Å². The molecular formula is C14H18FN3O. The summed E-state index contributed by atoms with van der Waals surface area (Å²) in [5, 5.41) is 7.14. The van der Waals surface area contributed by atoms with Crippen molar-refractivity contribution < 1.29 is 8.91 Å². The highest BCUT2D eigenvalue weighted by molar-refractivity contribution is 5.53. The minimum Gasteiger partial charge on any atom is -0.339 e. The van der Waals surface area contributed by atoms with Crippen molar-refractivity contribution in [2.24, 2.45) is 0 Å². The molecule has 2 rings (SSSR count). The zero-order valence-corrected chi connectivity index (χ0v) is 11.4. The molecule has 0 fully saturated rings. The molecule has 19 heavy (non-hydrogen) atoms. The molecule has 5 heteroatoms. The topological polar surface area (TPSA) is 51.0 Å². The molecule has 1 aromatic heterocycles. The number of nitrogens with one attached hydrogen (secondary N) is 1. The first-order valence-electron chi connectivity index (χ1n) is 6.42. The Morgan fingerprint density at radius 1 is 1.42 bits per heavy atom. The predicted octanol–water partition coefficient (Wildman–Crippen LogP) is 2.98. The van der Waals surface area contributed by atoms with Gasteiger partial charge in [-0.3, -0.25) is 0 Å². The average Bonchev–Trinajstić information content (AvgIpc) is 2.89. The zero-order valence-electron chi connectivity index (χ0n) is 11.4. The molecule has 2 aromatic rings. The number of halogens is 1. The van der Waals surface area contributed by atoms with Crippen molar-refractivity contribution in [3.8, 4) is 11.4 Å². The van der Waals surface area contributed by atoms with Crippen LogP contribution < -0.4 is 5.32 Å². The Hall–Kier alpha value is -1.75. The van der Waals surface area contributed by atoms with E-state index in [1.54, 1.807) is 12.1 Å².